The topological polar surface area (TPSA) is 115 Å². The molecule has 74 valence electrons. The molecule has 0 aliphatic heterocycles. The number of hydrogen-bond donors (Lipinski definition) is 3. The second-order valence-corrected chi connectivity index (χ2v) is 2.58. The van der Waals surface area contributed by atoms with Gasteiger partial charge in [0.15, 0.2) is 0 Å². The second-order valence-electron chi connectivity index (χ2n) is 2.58. The van der Waals surface area contributed by atoms with Crippen LogP contribution in [0.3, 0.4) is 0 Å². The van der Waals surface area contributed by atoms with Crippen LogP contribution in [-0.2, 0) is 0 Å². The van der Waals surface area contributed by atoms with E-state index in [0.29, 0.717) is 6.26 Å². The molecule has 0 aliphatic rings. The molecule has 0 bridgehead atoms. The van der Waals surface area contributed by atoms with Gasteiger partial charge in [-0.05, 0) is 18.2 Å². The van der Waals surface area contributed by atoms with Gasteiger partial charge < -0.3 is 16.6 Å². The zero-order valence-electron chi connectivity index (χ0n) is 7.18. The van der Waals surface area contributed by atoms with E-state index in [4.69, 9.17) is 16.6 Å². The van der Waals surface area contributed by atoms with Crippen molar-refractivity contribution in [3.63, 3.8) is 0 Å². The van der Waals surface area contributed by atoms with Crippen LogP contribution in [-0.4, -0.2) is 10.0 Å². The van der Waals surface area contributed by atoms with Gasteiger partial charge in [0.1, 0.15) is 5.69 Å². The van der Waals surface area contributed by atoms with Crippen LogP contribution < -0.4 is 11.5 Å². The molecule has 0 saturated carbocycles. The van der Waals surface area contributed by atoms with E-state index in [0.717, 1.165) is 6.08 Å². The minimum absolute atomic E-state index is 0.0114. The normalized spacial score (nSPS) is 10.6. The fraction of sp³-hybridized carbons (Fsp3) is 0. The van der Waals surface area contributed by atoms with Crippen molar-refractivity contribution in [2.45, 2.75) is 0 Å². The van der Waals surface area contributed by atoms with Crippen molar-refractivity contribution in [2.24, 2.45) is 0 Å². The van der Waals surface area contributed by atoms with Gasteiger partial charge in [-0.1, -0.05) is 0 Å². The summed E-state index contributed by atoms with van der Waals surface area (Å²) in [7, 11) is 0. The average molecular weight is 195 g/mol. The summed E-state index contributed by atoms with van der Waals surface area (Å²) in [6.07, 6.45) is 1.81. The Morgan fingerprint density at radius 1 is 1.36 bits per heavy atom. The van der Waals surface area contributed by atoms with E-state index in [-0.39, 0.29) is 22.6 Å². The van der Waals surface area contributed by atoms with Gasteiger partial charge in [-0.2, -0.15) is 0 Å². The van der Waals surface area contributed by atoms with E-state index >= 15 is 0 Å². The number of benzene rings is 1. The summed E-state index contributed by atoms with van der Waals surface area (Å²) in [5.74, 6) is 0. The molecule has 1 rings (SSSR count). The number of hydrogen-bond acceptors (Lipinski definition) is 5. The highest BCUT2D eigenvalue weighted by Crippen LogP contribution is 2.31. The molecule has 0 radical (unpaired) electrons. The maximum Gasteiger partial charge on any atom is 0.301 e. The van der Waals surface area contributed by atoms with Crippen LogP contribution >= 0.6 is 0 Å². The Balaban J connectivity index is 3.49. The van der Waals surface area contributed by atoms with Crippen molar-refractivity contribution < 1.29 is 10.0 Å². The Bertz CT molecular complexity index is 401. The van der Waals surface area contributed by atoms with Gasteiger partial charge in [0.25, 0.3) is 0 Å². The average Bonchev–Trinajstić information content (AvgIpc) is 2.11. The molecule has 0 aromatic heterocycles. The zero-order chi connectivity index (χ0) is 10.7. The molecular weight excluding hydrogens is 186 g/mol. The van der Waals surface area contributed by atoms with Crippen molar-refractivity contribution in [3.8, 4) is 0 Å². The number of anilines is 2. The van der Waals surface area contributed by atoms with Crippen LogP contribution in [0.2, 0.25) is 0 Å². The molecule has 0 atom stereocenters. The van der Waals surface area contributed by atoms with Crippen molar-refractivity contribution in [1.82, 2.24) is 0 Å². The first kappa shape index (κ1) is 9.85. The molecule has 0 amide bonds. The first-order valence-electron chi connectivity index (χ1n) is 3.71. The quantitative estimate of drug-likeness (QED) is 0.284. The third kappa shape index (κ3) is 1.58. The summed E-state index contributed by atoms with van der Waals surface area (Å²) in [4.78, 5) is 9.99. The fourth-order valence-corrected chi connectivity index (χ4v) is 1.09. The maximum absolute atomic E-state index is 10.6. The van der Waals surface area contributed by atoms with Gasteiger partial charge >= 0.3 is 5.69 Å². The Morgan fingerprint density at radius 2 is 1.93 bits per heavy atom. The Morgan fingerprint density at radius 3 is 2.43 bits per heavy atom. The molecular formula is C8H9N3O3. The predicted octanol–water partition coefficient (Wildman–Crippen LogP) is 1.29. The van der Waals surface area contributed by atoms with Crippen LogP contribution in [0.4, 0.5) is 17.1 Å². The van der Waals surface area contributed by atoms with Crippen LogP contribution in [0.25, 0.3) is 6.08 Å². The Kier molecular flexibility index (Phi) is 2.57. The van der Waals surface area contributed by atoms with Crippen LogP contribution in [0.1, 0.15) is 5.56 Å². The zero-order valence-corrected chi connectivity index (χ0v) is 7.18. The molecule has 0 fully saturated rings. The molecule has 6 heteroatoms. The molecule has 0 spiro atoms. The van der Waals surface area contributed by atoms with Gasteiger partial charge in [-0.3, -0.25) is 10.1 Å². The number of nitrogens with two attached hydrogens (primary N) is 2. The smallest absolute Gasteiger partial charge is 0.301 e. The number of aliphatic hydroxyl groups is 1. The lowest BCUT2D eigenvalue weighted by Gasteiger charge is -2.03. The first-order chi connectivity index (χ1) is 6.57. The number of nitro benzene ring substituents is 1. The van der Waals surface area contributed by atoms with Crippen molar-refractivity contribution in [2.75, 3.05) is 11.5 Å². The molecule has 5 N–H and O–H groups in total. The summed E-state index contributed by atoms with van der Waals surface area (Å²) >= 11 is 0. The number of rotatable bonds is 2. The van der Waals surface area contributed by atoms with Crippen LogP contribution in [0.5, 0.6) is 0 Å². The third-order valence-electron chi connectivity index (χ3n) is 1.71. The van der Waals surface area contributed by atoms with E-state index < -0.39 is 4.92 Å². The molecule has 1 aromatic rings. The van der Waals surface area contributed by atoms with Gasteiger partial charge in [0, 0.05) is 5.69 Å². The van der Waals surface area contributed by atoms with Gasteiger partial charge in [-0.25, -0.2) is 0 Å². The molecule has 0 heterocycles. The summed E-state index contributed by atoms with van der Waals surface area (Å²) in [6.45, 7) is 0. The molecule has 6 nitrogen and oxygen atoms in total. The predicted molar refractivity (Wildman–Crippen MR) is 53.6 cm³/mol. The summed E-state index contributed by atoms with van der Waals surface area (Å²) in [5, 5.41) is 19.2. The van der Waals surface area contributed by atoms with Crippen LogP contribution in [0.15, 0.2) is 18.4 Å². The standard InChI is InChI=1S/C8H9N3O3/c9-6-1-2-7(10)8(11(13)14)5(6)3-4-12/h1-4,12H,9-10H2. The summed E-state index contributed by atoms with van der Waals surface area (Å²) in [6, 6.07) is 2.79. The lowest BCUT2D eigenvalue weighted by molar-refractivity contribution is -0.384. The number of nitrogen functional groups attached to an aromatic ring is 2. The lowest BCUT2D eigenvalue weighted by Crippen LogP contribution is -2.01. The number of aliphatic hydroxyl groups excluding tert-OH is 1. The minimum Gasteiger partial charge on any atom is -0.516 e. The highest BCUT2D eigenvalue weighted by Gasteiger charge is 2.18. The van der Waals surface area contributed by atoms with E-state index in [9.17, 15) is 10.1 Å². The summed E-state index contributed by atoms with van der Waals surface area (Å²) in [5.41, 5.74) is 10.9. The fourth-order valence-electron chi connectivity index (χ4n) is 1.09. The van der Waals surface area contributed by atoms with Crippen LogP contribution in [0, 0.1) is 10.1 Å². The van der Waals surface area contributed by atoms with Gasteiger partial charge in [0.05, 0.1) is 16.7 Å². The largest absolute Gasteiger partial charge is 0.516 e. The number of nitrogens with zero attached hydrogens (tertiary/aromatic N) is 1. The molecule has 14 heavy (non-hydrogen) atoms. The van der Waals surface area contributed by atoms with Crippen molar-refractivity contribution in [1.29, 1.82) is 0 Å². The van der Waals surface area contributed by atoms with Gasteiger partial charge in [-0.15, -0.1) is 0 Å². The molecule has 1 aromatic carbocycles. The molecule has 0 unspecified atom stereocenters. The van der Waals surface area contributed by atoms with E-state index in [1.54, 1.807) is 0 Å². The molecule has 0 aliphatic carbocycles. The highest BCUT2D eigenvalue weighted by molar-refractivity contribution is 5.80. The monoisotopic (exact) mass is 195 g/mol. The van der Waals surface area contributed by atoms with E-state index in [2.05, 4.69) is 0 Å². The van der Waals surface area contributed by atoms with Crippen molar-refractivity contribution in [3.05, 3.63) is 34.1 Å². The Labute approximate surface area is 79.6 Å². The maximum atomic E-state index is 10.6. The SMILES string of the molecule is Nc1ccc(N)c([N+](=O)[O-])c1C=CO. The molecule has 0 saturated heterocycles. The third-order valence-corrected chi connectivity index (χ3v) is 1.71. The Hall–Kier alpha value is -2.24. The minimum atomic E-state index is -0.638. The highest BCUT2D eigenvalue weighted by atomic mass is 16.6. The van der Waals surface area contributed by atoms with Gasteiger partial charge in [0.2, 0.25) is 0 Å². The summed E-state index contributed by atoms with van der Waals surface area (Å²) < 4.78 is 0. The van der Waals surface area contributed by atoms with Crippen molar-refractivity contribution >= 4 is 23.1 Å². The van der Waals surface area contributed by atoms with E-state index in [1.165, 1.54) is 12.1 Å². The first-order valence-corrected chi connectivity index (χ1v) is 3.71. The second kappa shape index (κ2) is 3.65. The lowest BCUT2D eigenvalue weighted by atomic mass is 10.1. The van der Waals surface area contributed by atoms with E-state index in [1.807, 2.05) is 0 Å². The number of nitro groups is 1.